The molecule has 0 saturated carbocycles. The predicted molar refractivity (Wildman–Crippen MR) is 122 cm³/mol. The van der Waals surface area contributed by atoms with Gasteiger partial charge in [0, 0.05) is 44.9 Å². The van der Waals surface area contributed by atoms with Crippen molar-refractivity contribution < 1.29 is 18.7 Å². The molecule has 2 aromatic carbocycles. The summed E-state index contributed by atoms with van der Waals surface area (Å²) < 4.78 is 16.3. The minimum absolute atomic E-state index is 0.0119. The van der Waals surface area contributed by atoms with Gasteiger partial charge in [0.05, 0.1) is 31.6 Å². The molecule has 1 aliphatic heterocycles. The smallest absolute Gasteiger partial charge is 0.340 e. The third-order valence-electron chi connectivity index (χ3n) is 6.07. The molecule has 0 atom stereocenters. The summed E-state index contributed by atoms with van der Waals surface area (Å²) in [6.07, 6.45) is 0.0119. The highest BCUT2D eigenvalue weighted by molar-refractivity contribution is 5.90. The van der Waals surface area contributed by atoms with Gasteiger partial charge < -0.3 is 18.8 Å². The number of aryl methyl sites for hydroxylation is 1. The number of carbonyl (C=O) groups excluding carboxylic acids is 1. The molecule has 1 aromatic heterocycles. The van der Waals surface area contributed by atoms with Crippen molar-refractivity contribution in [3.63, 3.8) is 0 Å². The number of hydrogen-bond acceptors (Lipinski definition) is 6. The molecule has 3 aromatic rings. The quantitative estimate of drug-likeness (QED) is 0.553. The van der Waals surface area contributed by atoms with Gasteiger partial charge >= 0.3 is 5.63 Å². The van der Waals surface area contributed by atoms with Crippen molar-refractivity contribution in [1.29, 1.82) is 0 Å². The molecular formula is C25H28N2O5. The van der Waals surface area contributed by atoms with Gasteiger partial charge in [-0.3, -0.25) is 9.69 Å². The lowest BCUT2D eigenvalue weighted by atomic mass is 10.0. The number of amides is 1. The van der Waals surface area contributed by atoms with Crippen molar-refractivity contribution in [2.24, 2.45) is 0 Å². The highest BCUT2D eigenvalue weighted by atomic mass is 16.5. The molecule has 1 fully saturated rings. The average Bonchev–Trinajstić information content (AvgIpc) is 2.81. The number of hydrogen-bond donors (Lipinski definition) is 0. The van der Waals surface area contributed by atoms with Crippen LogP contribution in [-0.4, -0.2) is 56.1 Å². The van der Waals surface area contributed by atoms with E-state index in [1.165, 1.54) is 12.7 Å². The van der Waals surface area contributed by atoms with Crippen LogP contribution >= 0.6 is 0 Å². The summed E-state index contributed by atoms with van der Waals surface area (Å²) in [7, 11) is 3.09. The first-order valence-electron chi connectivity index (χ1n) is 10.7. The van der Waals surface area contributed by atoms with Crippen molar-refractivity contribution >= 4 is 16.9 Å². The zero-order valence-electron chi connectivity index (χ0n) is 18.7. The molecule has 0 bridgehead atoms. The van der Waals surface area contributed by atoms with Crippen LogP contribution in [0.1, 0.15) is 16.7 Å². The standard InChI is InChI=1S/C25H28N2O5/c1-17-20(25(29)32-22-14-19(30-2)13-21(31-3)24(17)22)15-23(28)27-11-9-26(10-12-27)16-18-7-5-4-6-8-18/h4-8,13-14H,9-12,15-16H2,1-3H3. The molecule has 168 valence electrons. The third kappa shape index (κ3) is 4.48. The minimum Gasteiger partial charge on any atom is -0.496 e. The van der Waals surface area contributed by atoms with Crippen LogP contribution in [0.2, 0.25) is 0 Å². The van der Waals surface area contributed by atoms with Gasteiger partial charge in [-0.2, -0.15) is 0 Å². The summed E-state index contributed by atoms with van der Waals surface area (Å²) in [4.78, 5) is 29.9. The number of methoxy groups -OCH3 is 2. The first-order chi connectivity index (χ1) is 15.5. The highest BCUT2D eigenvalue weighted by Gasteiger charge is 2.24. The van der Waals surface area contributed by atoms with E-state index in [9.17, 15) is 9.59 Å². The molecular weight excluding hydrogens is 408 g/mol. The van der Waals surface area contributed by atoms with Gasteiger partial charge in [-0.15, -0.1) is 0 Å². The number of carbonyl (C=O) groups is 1. The molecule has 0 radical (unpaired) electrons. The minimum atomic E-state index is -0.499. The highest BCUT2D eigenvalue weighted by Crippen LogP contribution is 2.33. The van der Waals surface area contributed by atoms with Crippen LogP contribution in [0.4, 0.5) is 0 Å². The fourth-order valence-corrected chi connectivity index (χ4v) is 4.23. The Labute approximate surface area is 187 Å². The Morgan fingerprint density at radius 3 is 2.41 bits per heavy atom. The molecule has 0 aliphatic carbocycles. The van der Waals surface area contributed by atoms with Crippen LogP contribution in [0, 0.1) is 6.92 Å². The molecule has 1 amide bonds. The van der Waals surface area contributed by atoms with E-state index in [1.807, 2.05) is 30.0 Å². The van der Waals surface area contributed by atoms with Crippen molar-refractivity contribution in [2.45, 2.75) is 19.9 Å². The van der Waals surface area contributed by atoms with Crippen molar-refractivity contribution in [3.05, 3.63) is 69.6 Å². The normalized spacial score (nSPS) is 14.5. The van der Waals surface area contributed by atoms with Gasteiger partial charge in [-0.05, 0) is 18.1 Å². The molecule has 1 saturated heterocycles. The van der Waals surface area contributed by atoms with Gasteiger partial charge in [0.2, 0.25) is 5.91 Å². The van der Waals surface area contributed by atoms with E-state index in [-0.39, 0.29) is 12.3 Å². The van der Waals surface area contributed by atoms with E-state index < -0.39 is 5.63 Å². The van der Waals surface area contributed by atoms with Crippen molar-refractivity contribution in [2.75, 3.05) is 40.4 Å². The lowest BCUT2D eigenvalue weighted by molar-refractivity contribution is -0.132. The fourth-order valence-electron chi connectivity index (χ4n) is 4.23. The summed E-state index contributed by atoms with van der Waals surface area (Å²) in [5.74, 6) is 1.02. The summed E-state index contributed by atoms with van der Waals surface area (Å²) in [5.41, 5.74) is 2.22. The summed E-state index contributed by atoms with van der Waals surface area (Å²) in [6, 6.07) is 13.7. The molecule has 0 unspecified atom stereocenters. The zero-order chi connectivity index (χ0) is 22.7. The molecule has 7 heteroatoms. The SMILES string of the molecule is COc1cc(OC)c2c(C)c(CC(=O)N3CCN(Cc4ccccc4)CC3)c(=O)oc2c1. The second-order valence-electron chi connectivity index (χ2n) is 8.02. The Morgan fingerprint density at radius 1 is 1.03 bits per heavy atom. The topological polar surface area (TPSA) is 72.2 Å². The number of rotatable bonds is 6. The maximum absolute atomic E-state index is 13.0. The number of fused-ring (bicyclic) bond motifs is 1. The molecule has 32 heavy (non-hydrogen) atoms. The summed E-state index contributed by atoms with van der Waals surface area (Å²) in [5, 5.41) is 0.684. The van der Waals surface area contributed by atoms with Crippen LogP contribution in [0.25, 0.3) is 11.0 Å². The van der Waals surface area contributed by atoms with Crippen LogP contribution in [0.15, 0.2) is 51.7 Å². The Kier molecular flexibility index (Phi) is 6.46. The zero-order valence-corrected chi connectivity index (χ0v) is 18.7. The lowest BCUT2D eigenvalue weighted by Gasteiger charge is -2.34. The van der Waals surface area contributed by atoms with Crippen LogP contribution in [0.3, 0.4) is 0 Å². The second-order valence-corrected chi connectivity index (χ2v) is 8.02. The number of benzene rings is 2. The molecule has 0 spiro atoms. The van der Waals surface area contributed by atoms with Gasteiger partial charge in [-0.1, -0.05) is 30.3 Å². The van der Waals surface area contributed by atoms with Crippen LogP contribution in [0.5, 0.6) is 11.5 Å². The summed E-state index contributed by atoms with van der Waals surface area (Å²) >= 11 is 0. The monoisotopic (exact) mass is 436 g/mol. The number of nitrogens with zero attached hydrogens (tertiary/aromatic N) is 2. The predicted octanol–water partition coefficient (Wildman–Crippen LogP) is 3.01. The van der Waals surface area contributed by atoms with Crippen molar-refractivity contribution in [1.82, 2.24) is 9.80 Å². The Bertz CT molecular complexity index is 1160. The van der Waals surface area contributed by atoms with Gasteiger partial charge in [0.15, 0.2) is 0 Å². The van der Waals surface area contributed by atoms with Crippen LogP contribution in [-0.2, 0) is 17.8 Å². The third-order valence-corrected chi connectivity index (χ3v) is 6.07. The van der Waals surface area contributed by atoms with Gasteiger partial charge in [-0.25, -0.2) is 4.79 Å². The average molecular weight is 437 g/mol. The fraction of sp³-hybridized carbons (Fsp3) is 0.360. The van der Waals surface area contributed by atoms with E-state index in [4.69, 9.17) is 13.9 Å². The van der Waals surface area contributed by atoms with Gasteiger partial charge in [0.25, 0.3) is 0 Å². The molecule has 7 nitrogen and oxygen atoms in total. The van der Waals surface area contributed by atoms with Crippen LogP contribution < -0.4 is 15.1 Å². The Balaban J connectivity index is 1.49. The first kappa shape index (κ1) is 21.9. The molecule has 1 aliphatic rings. The molecule has 0 N–H and O–H groups in total. The number of ether oxygens (including phenoxy) is 2. The maximum Gasteiger partial charge on any atom is 0.340 e. The lowest BCUT2D eigenvalue weighted by Crippen LogP contribution is -2.49. The van der Waals surface area contributed by atoms with Crippen molar-refractivity contribution in [3.8, 4) is 11.5 Å². The largest absolute Gasteiger partial charge is 0.496 e. The maximum atomic E-state index is 13.0. The number of piperazine rings is 1. The van der Waals surface area contributed by atoms with E-state index in [0.29, 0.717) is 46.7 Å². The van der Waals surface area contributed by atoms with E-state index in [0.717, 1.165) is 19.6 Å². The molecule has 4 rings (SSSR count). The van der Waals surface area contributed by atoms with E-state index in [1.54, 1.807) is 19.2 Å². The Hall–Kier alpha value is -3.32. The van der Waals surface area contributed by atoms with E-state index >= 15 is 0 Å². The first-order valence-corrected chi connectivity index (χ1v) is 10.7. The Morgan fingerprint density at radius 2 is 1.75 bits per heavy atom. The van der Waals surface area contributed by atoms with E-state index in [2.05, 4.69) is 17.0 Å². The van der Waals surface area contributed by atoms with Gasteiger partial charge in [0.1, 0.15) is 17.1 Å². The summed E-state index contributed by atoms with van der Waals surface area (Å²) in [6.45, 7) is 5.60. The molecule has 2 heterocycles. The second kappa shape index (κ2) is 9.44.